The highest BCUT2D eigenvalue weighted by atomic mass is 32.1. The van der Waals surface area contributed by atoms with Crippen LogP contribution in [0.5, 0.6) is 0 Å². The Morgan fingerprint density at radius 1 is 1.19 bits per heavy atom. The molecule has 6 nitrogen and oxygen atoms in total. The lowest BCUT2D eigenvalue weighted by molar-refractivity contribution is 0.418. The van der Waals surface area contributed by atoms with Gasteiger partial charge in [-0.1, -0.05) is 41.6 Å². The minimum absolute atomic E-state index is 0.285. The highest BCUT2D eigenvalue weighted by Gasteiger charge is 2.20. The Kier molecular flexibility index (Phi) is 5.13. The Balaban J connectivity index is 1.68. The highest BCUT2D eigenvalue weighted by molar-refractivity contribution is 7.13. The molecular formula is C20H21N5OS. The molecule has 0 radical (unpaired) electrons. The summed E-state index contributed by atoms with van der Waals surface area (Å²) in [5.41, 5.74) is 2.93. The standard InChI is InChI=1S/C20H21N5OS/c1-14(21-2)11-18-22-20(26-24-18)16-13-25(12-15-7-4-3-5-8-15)23-19(16)17-9-6-10-27-17/h3-10,13-14,21H,11-12H2,1-2H3. The van der Waals surface area contributed by atoms with Crippen molar-refractivity contribution in [2.45, 2.75) is 25.9 Å². The summed E-state index contributed by atoms with van der Waals surface area (Å²) in [4.78, 5) is 5.68. The van der Waals surface area contributed by atoms with Gasteiger partial charge in [-0.15, -0.1) is 11.3 Å². The zero-order chi connectivity index (χ0) is 18.6. The second-order valence-electron chi connectivity index (χ2n) is 6.46. The van der Waals surface area contributed by atoms with Crippen LogP contribution in [0.25, 0.3) is 22.0 Å². The molecule has 7 heteroatoms. The van der Waals surface area contributed by atoms with Gasteiger partial charge in [-0.3, -0.25) is 4.68 Å². The van der Waals surface area contributed by atoms with Crippen LogP contribution in [0.3, 0.4) is 0 Å². The van der Waals surface area contributed by atoms with Crippen molar-refractivity contribution in [3.63, 3.8) is 0 Å². The fourth-order valence-electron chi connectivity index (χ4n) is 2.85. The summed E-state index contributed by atoms with van der Waals surface area (Å²) in [5.74, 6) is 1.20. The van der Waals surface area contributed by atoms with Gasteiger partial charge in [0.2, 0.25) is 0 Å². The Morgan fingerprint density at radius 2 is 2.04 bits per heavy atom. The third-order valence-corrected chi connectivity index (χ3v) is 5.26. The van der Waals surface area contributed by atoms with Gasteiger partial charge >= 0.3 is 0 Å². The van der Waals surface area contributed by atoms with Crippen LogP contribution in [0.15, 0.2) is 58.6 Å². The topological polar surface area (TPSA) is 68.8 Å². The molecule has 3 aromatic heterocycles. The van der Waals surface area contributed by atoms with E-state index in [0.29, 0.717) is 24.7 Å². The average Bonchev–Trinajstić information content (AvgIpc) is 3.42. The van der Waals surface area contributed by atoms with Gasteiger partial charge in [0.25, 0.3) is 5.89 Å². The van der Waals surface area contributed by atoms with Crippen LogP contribution >= 0.6 is 11.3 Å². The van der Waals surface area contributed by atoms with E-state index in [1.54, 1.807) is 11.3 Å². The molecule has 138 valence electrons. The van der Waals surface area contributed by atoms with Gasteiger partial charge in [0, 0.05) is 18.7 Å². The molecule has 1 N–H and O–H groups in total. The normalized spacial score (nSPS) is 12.4. The minimum Gasteiger partial charge on any atom is -0.334 e. The van der Waals surface area contributed by atoms with Crippen LogP contribution < -0.4 is 5.32 Å². The van der Waals surface area contributed by atoms with Gasteiger partial charge in [0.15, 0.2) is 5.82 Å². The molecule has 0 aliphatic carbocycles. The lowest BCUT2D eigenvalue weighted by Gasteiger charge is -2.04. The maximum atomic E-state index is 5.56. The third-order valence-electron chi connectivity index (χ3n) is 4.38. The number of rotatable bonds is 7. The molecule has 3 heterocycles. The first-order chi connectivity index (χ1) is 13.2. The van der Waals surface area contributed by atoms with Crippen LogP contribution in [-0.4, -0.2) is 33.0 Å². The molecular weight excluding hydrogens is 358 g/mol. The van der Waals surface area contributed by atoms with Gasteiger partial charge in [-0.05, 0) is 31.0 Å². The SMILES string of the molecule is CNC(C)Cc1noc(-c2cn(Cc3ccccc3)nc2-c2cccs2)n1. The zero-order valence-electron chi connectivity index (χ0n) is 15.3. The fourth-order valence-corrected chi connectivity index (χ4v) is 3.57. The highest BCUT2D eigenvalue weighted by Crippen LogP contribution is 2.33. The van der Waals surface area contributed by atoms with Gasteiger partial charge in [0.05, 0.1) is 17.0 Å². The van der Waals surface area contributed by atoms with Gasteiger partial charge in [-0.25, -0.2) is 0 Å². The van der Waals surface area contributed by atoms with E-state index < -0.39 is 0 Å². The Morgan fingerprint density at radius 3 is 2.78 bits per heavy atom. The molecule has 1 aromatic carbocycles. The lowest BCUT2D eigenvalue weighted by atomic mass is 10.2. The van der Waals surface area contributed by atoms with E-state index in [9.17, 15) is 0 Å². The Bertz CT molecular complexity index is 991. The molecule has 0 spiro atoms. The van der Waals surface area contributed by atoms with E-state index in [4.69, 9.17) is 9.62 Å². The number of nitrogens with one attached hydrogen (secondary N) is 1. The van der Waals surface area contributed by atoms with E-state index in [0.717, 1.165) is 16.1 Å². The molecule has 1 atom stereocenters. The maximum Gasteiger partial charge on any atom is 0.261 e. The van der Waals surface area contributed by atoms with Crippen molar-refractivity contribution in [2.24, 2.45) is 0 Å². The summed E-state index contributed by atoms with van der Waals surface area (Å²) in [6.07, 6.45) is 2.70. The van der Waals surface area contributed by atoms with Crippen molar-refractivity contribution in [1.29, 1.82) is 0 Å². The summed E-state index contributed by atoms with van der Waals surface area (Å²) >= 11 is 1.65. The molecule has 27 heavy (non-hydrogen) atoms. The number of benzene rings is 1. The number of thiophene rings is 1. The number of aromatic nitrogens is 4. The first kappa shape index (κ1) is 17.6. The third kappa shape index (κ3) is 3.99. The number of likely N-dealkylation sites (N-methyl/N-ethyl adjacent to an activating group) is 1. The first-order valence-corrected chi connectivity index (χ1v) is 9.76. The van der Waals surface area contributed by atoms with Crippen LogP contribution in [0, 0.1) is 0 Å². The smallest absolute Gasteiger partial charge is 0.261 e. The van der Waals surface area contributed by atoms with E-state index in [2.05, 4.69) is 40.6 Å². The quantitative estimate of drug-likeness (QED) is 0.528. The van der Waals surface area contributed by atoms with E-state index in [-0.39, 0.29) is 6.04 Å². The lowest BCUT2D eigenvalue weighted by Crippen LogP contribution is -2.24. The molecule has 0 aliphatic heterocycles. The Labute approximate surface area is 161 Å². The maximum absolute atomic E-state index is 5.56. The van der Waals surface area contributed by atoms with E-state index >= 15 is 0 Å². The molecule has 4 aromatic rings. The molecule has 4 rings (SSSR count). The predicted molar refractivity (Wildman–Crippen MR) is 107 cm³/mol. The molecule has 0 fully saturated rings. The average molecular weight is 379 g/mol. The molecule has 0 aliphatic rings. The van der Waals surface area contributed by atoms with Gasteiger partial charge in [-0.2, -0.15) is 10.1 Å². The second-order valence-corrected chi connectivity index (χ2v) is 7.41. The minimum atomic E-state index is 0.285. The first-order valence-electron chi connectivity index (χ1n) is 8.88. The molecule has 1 unspecified atom stereocenters. The summed E-state index contributed by atoms with van der Waals surface area (Å²) in [7, 11) is 1.92. The van der Waals surface area contributed by atoms with Gasteiger partial charge < -0.3 is 9.84 Å². The monoisotopic (exact) mass is 379 g/mol. The van der Waals surface area contributed by atoms with Crippen LogP contribution in [0.4, 0.5) is 0 Å². The number of hydrogen-bond acceptors (Lipinski definition) is 6. The molecule has 0 saturated heterocycles. The molecule has 0 bridgehead atoms. The molecule has 0 saturated carbocycles. The summed E-state index contributed by atoms with van der Waals surface area (Å²) < 4.78 is 7.49. The van der Waals surface area contributed by atoms with Crippen LogP contribution in [0.2, 0.25) is 0 Å². The van der Waals surface area contributed by atoms with Gasteiger partial charge in [0.1, 0.15) is 5.69 Å². The molecule has 0 amide bonds. The second kappa shape index (κ2) is 7.85. The fraction of sp³-hybridized carbons (Fsp3) is 0.250. The van der Waals surface area contributed by atoms with Crippen molar-refractivity contribution < 1.29 is 4.52 Å². The summed E-state index contributed by atoms with van der Waals surface area (Å²) in [6, 6.07) is 14.6. The van der Waals surface area contributed by atoms with Crippen molar-refractivity contribution in [1.82, 2.24) is 25.2 Å². The number of nitrogens with zero attached hydrogens (tertiary/aromatic N) is 4. The zero-order valence-corrected chi connectivity index (χ0v) is 16.1. The largest absolute Gasteiger partial charge is 0.334 e. The van der Waals surface area contributed by atoms with Crippen molar-refractivity contribution in [2.75, 3.05) is 7.05 Å². The van der Waals surface area contributed by atoms with Crippen molar-refractivity contribution in [3.8, 4) is 22.0 Å². The van der Waals surface area contributed by atoms with Crippen molar-refractivity contribution >= 4 is 11.3 Å². The van der Waals surface area contributed by atoms with E-state index in [1.165, 1.54) is 5.56 Å². The predicted octanol–water partition coefficient (Wildman–Crippen LogP) is 3.86. The number of hydrogen-bond donors (Lipinski definition) is 1. The van der Waals surface area contributed by atoms with Crippen LogP contribution in [-0.2, 0) is 13.0 Å². The summed E-state index contributed by atoms with van der Waals surface area (Å²) in [5, 5.41) is 14.2. The Hall–Kier alpha value is -2.77. The van der Waals surface area contributed by atoms with Crippen molar-refractivity contribution in [3.05, 3.63) is 65.4 Å². The van der Waals surface area contributed by atoms with Crippen LogP contribution in [0.1, 0.15) is 18.3 Å². The van der Waals surface area contributed by atoms with E-state index in [1.807, 2.05) is 47.6 Å². The summed E-state index contributed by atoms with van der Waals surface area (Å²) in [6.45, 7) is 2.78.